The molecule has 2 heteroatoms. The molecule has 0 aromatic heterocycles. The van der Waals surface area contributed by atoms with Crippen LogP contribution in [0.5, 0.6) is 0 Å². The van der Waals surface area contributed by atoms with Crippen LogP contribution < -0.4 is 5.32 Å². The van der Waals surface area contributed by atoms with E-state index in [0.717, 1.165) is 5.92 Å². The summed E-state index contributed by atoms with van der Waals surface area (Å²) in [5.74, 6) is 0.798. The molecule has 1 N–H and O–H groups in total. The number of hydrogen-bond acceptors (Lipinski definition) is 2. The SMILES string of the molecule is CCCCC(C)NC1CN(C(C)C)CC1C. The molecule has 0 saturated carbocycles. The first-order valence-electron chi connectivity index (χ1n) is 7.04. The minimum absolute atomic E-state index is 0.680. The Balaban J connectivity index is 2.32. The summed E-state index contributed by atoms with van der Waals surface area (Å²) in [5, 5.41) is 3.81. The first-order chi connectivity index (χ1) is 7.54. The normalized spacial score (nSPS) is 28.9. The molecule has 3 atom stereocenters. The second-order valence-corrected chi connectivity index (χ2v) is 5.84. The van der Waals surface area contributed by atoms with E-state index in [2.05, 4.69) is 44.8 Å². The standard InChI is InChI=1S/C14H30N2/c1-6-7-8-13(5)15-14-10-16(11(2)3)9-12(14)4/h11-15H,6-10H2,1-5H3. The van der Waals surface area contributed by atoms with Crippen molar-refractivity contribution in [3.63, 3.8) is 0 Å². The molecule has 96 valence electrons. The Morgan fingerprint density at radius 2 is 1.94 bits per heavy atom. The maximum atomic E-state index is 3.81. The molecule has 0 aromatic rings. The number of unbranched alkanes of at least 4 members (excludes halogenated alkanes) is 1. The largest absolute Gasteiger partial charge is 0.310 e. The maximum absolute atomic E-state index is 3.81. The zero-order valence-corrected chi connectivity index (χ0v) is 11.8. The lowest BCUT2D eigenvalue weighted by Crippen LogP contribution is -2.41. The second-order valence-electron chi connectivity index (χ2n) is 5.84. The van der Waals surface area contributed by atoms with E-state index in [-0.39, 0.29) is 0 Å². The molecule has 0 aromatic carbocycles. The fraction of sp³-hybridized carbons (Fsp3) is 1.00. The van der Waals surface area contributed by atoms with E-state index in [0.29, 0.717) is 18.1 Å². The lowest BCUT2D eigenvalue weighted by Gasteiger charge is -2.23. The Morgan fingerprint density at radius 3 is 2.44 bits per heavy atom. The molecule has 1 fully saturated rings. The first kappa shape index (κ1) is 14.0. The highest BCUT2D eigenvalue weighted by Crippen LogP contribution is 2.19. The smallest absolute Gasteiger partial charge is 0.0235 e. The molecule has 16 heavy (non-hydrogen) atoms. The van der Waals surface area contributed by atoms with Gasteiger partial charge in [-0.15, -0.1) is 0 Å². The molecule has 1 aliphatic heterocycles. The summed E-state index contributed by atoms with van der Waals surface area (Å²) in [7, 11) is 0. The van der Waals surface area contributed by atoms with Gasteiger partial charge >= 0.3 is 0 Å². The van der Waals surface area contributed by atoms with Gasteiger partial charge in [-0.25, -0.2) is 0 Å². The van der Waals surface area contributed by atoms with Crippen LogP contribution in [0.25, 0.3) is 0 Å². The van der Waals surface area contributed by atoms with Crippen LogP contribution in [0.4, 0.5) is 0 Å². The number of nitrogens with one attached hydrogen (secondary N) is 1. The van der Waals surface area contributed by atoms with Crippen molar-refractivity contribution in [2.45, 2.75) is 72.0 Å². The minimum Gasteiger partial charge on any atom is -0.310 e. The van der Waals surface area contributed by atoms with Crippen molar-refractivity contribution in [2.24, 2.45) is 5.92 Å². The molecular formula is C14H30N2. The van der Waals surface area contributed by atoms with Gasteiger partial charge in [-0.3, -0.25) is 4.90 Å². The van der Waals surface area contributed by atoms with Gasteiger partial charge in [0, 0.05) is 31.2 Å². The van der Waals surface area contributed by atoms with Gasteiger partial charge in [0.05, 0.1) is 0 Å². The van der Waals surface area contributed by atoms with Crippen molar-refractivity contribution in [1.82, 2.24) is 10.2 Å². The molecule has 0 spiro atoms. The predicted molar refractivity (Wildman–Crippen MR) is 71.8 cm³/mol. The Bertz CT molecular complexity index is 191. The van der Waals surface area contributed by atoms with Crippen molar-refractivity contribution in [3.8, 4) is 0 Å². The van der Waals surface area contributed by atoms with E-state index >= 15 is 0 Å². The lowest BCUT2D eigenvalue weighted by atomic mass is 10.0. The van der Waals surface area contributed by atoms with Crippen molar-refractivity contribution < 1.29 is 0 Å². The minimum atomic E-state index is 0.680. The fourth-order valence-corrected chi connectivity index (χ4v) is 2.60. The lowest BCUT2D eigenvalue weighted by molar-refractivity contribution is 0.262. The topological polar surface area (TPSA) is 15.3 Å². The zero-order valence-electron chi connectivity index (χ0n) is 11.8. The number of hydrogen-bond donors (Lipinski definition) is 1. The van der Waals surface area contributed by atoms with Crippen LogP contribution in [0, 0.1) is 5.92 Å². The van der Waals surface area contributed by atoms with Gasteiger partial charge in [0.2, 0.25) is 0 Å². The highest BCUT2D eigenvalue weighted by atomic mass is 15.2. The van der Waals surface area contributed by atoms with E-state index in [1.54, 1.807) is 0 Å². The van der Waals surface area contributed by atoms with Crippen LogP contribution >= 0.6 is 0 Å². The highest BCUT2D eigenvalue weighted by molar-refractivity contribution is 4.89. The third-order valence-electron chi connectivity index (χ3n) is 3.86. The number of likely N-dealkylation sites (tertiary alicyclic amines) is 1. The quantitative estimate of drug-likeness (QED) is 0.749. The van der Waals surface area contributed by atoms with Gasteiger partial charge < -0.3 is 5.32 Å². The van der Waals surface area contributed by atoms with E-state index in [1.165, 1.54) is 32.4 Å². The van der Waals surface area contributed by atoms with Crippen molar-refractivity contribution >= 4 is 0 Å². The van der Waals surface area contributed by atoms with Crippen molar-refractivity contribution in [2.75, 3.05) is 13.1 Å². The average molecular weight is 226 g/mol. The summed E-state index contributed by atoms with van der Waals surface area (Å²) in [4.78, 5) is 2.59. The Kier molecular flexibility index (Phi) is 5.77. The van der Waals surface area contributed by atoms with Crippen LogP contribution in [0.3, 0.4) is 0 Å². The number of nitrogens with zero attached hydrogens (tertiary/aromatic N) is 1. The van der Waals surface area contributed by atoms with Crippen LogP contribution in [0.1, 0.15) is 53.9 Å². The first-order valence-corrected chi connectivity index (χ1v) is 7.04. The molecule has 2 nitrogen and oxygen atoms in total. The van der Waals surface area contributed by atoms with Crippen molar-refractivity contribution in [3.05, 3.63) is 0 Å². The van der Waals surface area contributed by atoms with Gasteiger partial charge in [-0.2, -0.15) is 0 Å². The summed E-state index contributed by atoms with van der Waals surface area (Å²) in [6.45, 7) is 14.1. The average Bonchev–Trinajstić information content (AvgIpc) is 2.57. The van der Waals surface area contributed by atoms with Crippen LogP contribution in [0.2, 0.25) is 0 Å². The summed E-state index contributed by atoms with van der Waals surface area (Å²) < 4.78 is 0. The molecule has 1 rings (SSSR count). The van der Waals surface area contributed by atoms with Gasteiger partial charge in [-0.05, 0) is 33.1 Å². The van der Waals surface area contributed by atoms with E-state index in [1.807, 2.05) is 0 Å². The molecule has 0 aliphatic carbocycles. The Hall–Kier alpha value is -0.0800. The highest BCUT2D eigenvalue weighted by Gasteiger charge is 2.31. The summed E-state index contributed by atoms with van der Waals surface area (Å²) >= 11 is 0. The van der Waals surface area contributed by atoms with Crippen LogP contribution in [-0.4, -0.2) is 36.1 Å². The zero-order chi connectivity index (χ0) is 12.1. The predicted octanol–water partition coefficient (Wildman–Crippen LogP) is 2.88. The van der Waals surface area contributed by atoms with Crippen LogP contribution in [0.15, 0.2) is 0 Å². The third kappa shape index (κ3) is 4.06. The third-order valence-corrected chi connectivity index (χ3v) is 3.86. The molecule has 3 unspecified atom stereocenters. The van der Waals surface area contributed by atoms with E-state index < -0.39 is 0 Å². The van der Waals surface area contributed by atoms with E-state index in [4.69, 9.17) is 0 Å². The summed E-state index contributed by atoms with van der Waals surface area (Å²) in [6.07, 6.45) is 3.98. The maximum Gasteiger partial charge on any atom is 0.0235 e. The molecule has 1 heterocycles. The monoisotopic (exact) mass is 226 g/mol. The molecule has 1 aliphatic rings. The molecular weight excluding hydrogens is 196 g/mol. The second kappa shape index (κ2) is 6.61. The fourth-order valence-electron chi connectivity index (χ4n) is 2.60. The van der Waals surface area contributed by atoms with Crippen LogP contribution in [-0.2, 0) is 0 Å². The van der Waals surface area contributed by atoms with Gasteiger partial charge in [0.25, 0.3) is 0 Å². The summed E-state index contributed by atoms with van der Waals surface area (Å²) in [6, 6.07) is 2.08. The molecule has 0 amide bonds. The molecule has 0 radical (unpaired) electrons. The Labute approximate surface area is 102 Å². The number of rotatable bonds is 6. The van der Waals surface area contributed by atoms with Gasteiger partial charge in [0.1, 0.15) is 0 Å². The van der Waals surface area contributed by atoms with Gasteiger partial charge in [-0.1, -0.05) is 26.7 Å². The van der Waals surface area contributed by atoms with Gasteiger partial charge in [0.15, 0.2) is 0 Å². The Morgan fingerprint density at radius 1 is 1.25 bits per heavy atom. The molecule has 1 saturated heterocycles. The van der Waals surface area contributed by atoms with Crippen molar-refractivity contribution in [1.29, 1.82) is 0 Å². The summed E-state index contributed by atoms with van der Waals surface area (Å²) in [5.41, 5.74) is 0. The molecule has 0 bridgehead atoms. The van der Waals surface area contributed by atoms with E-state index in [9.17, 15) is 0 Å².